The molecule has 0 bridgehead atoms. The molecular weight excluding hydrogens is 534 g/mol. The minimum absolute atomic E-state index is 0.00539. The summed E-state index contributed by atoms with van der Waals surface area (Å²) in [7, 11) is -4.02. The van der Waals surface area contributed by atoms with E-state index >= 15 is 0 Å². The molecule has 0 spiro atoms. The van der Waals surface area contributed by atoms with Crippen molar-refractivity contribution in [3.05, 3.63) is 54.1 Å². The first-order valence-corrected chi connectivity index (χ1v) is 15.5. The molecule has 1 unspecified atom stereocenters. The number of benzene rings is 2. The van der Waals surface area contributed by atoms with Gasteiger partial charge in [0.1, 0.15) is 0 Å². The quantitative estimate of drug-likeness (QED) is 0.237. The van der Waals surface area contributed by atoms with E-state index in [1.807, 2.05) is 23.8 Å². The number of hydrogen-bond acceptors (Lipinski definition) is 6. The van der Waals surface area contributed by atoms with Crippen LogP contribution in [0.2, 0.25) is 0 Å². The lowest BCUT2D eigenvalue weighted by Crippen LogP contribution is -2.43. The molecule has 0 aromatic heterocycles. The van der Waals surface area contributed by atoms with Crippen LogP contribution in [0, 0.1) is 5.92 Å². The molecule has 39 heavy (non-hydrogen) atoms. The number of nitrogens with one attached hydrogen (secondary N) is 3. The average Bonchev–Trinajstić information content (AvgIpc) is 2.86. The average molecular weight is 576 g/mol. The highest BCUT2D eigenvalue weighted by Crippen LogP contribution is 2.27. The molecule has 0 aliphatic heterocycles. The lowest BCUT2D eigenvalue weighted by molar-refractivity contribution is -0.124. The van der Waals surface area contributed by atoms with Crippen molar-refractivity contribution in [1.29, 1.82) is 0 Å². The summed E-state index contributed by atoms with van der Waals surface area (Å²) in [5.41, 5.74) is 2.02. The molecule has 3 amide bonds. The van der Waals surface area contributed by atoms with Gasteiger partial charge < -0.3 is 10.6 Å². The second-order valence-electron chi connectivity index (χ2n) is 10.2. The standard InChI is InChI=1S/C29H41N3O5S2/c1-5-6-11-28(34)30-24(18-29(35)31-25(19-38)16-20(2)3)17-22-12-14-23(15-13-22)26-9-7-8-10-27(26)39(36,37)32-21(4)33/h7-10,12-15,20,24-25,38H,5-6,11,16-19H2,1-4H3,(H,30,34)(H,31,35)(H,32,33)/t24?,25-/m1/s1. The molecule has 0 fully saturated rings. The van der Waals surface area contributed by atoms with E-state index in [2.05, 4.69) is 37.1 Å². The van der Waals surface area contributed by atoms with Gasteiger partial charge in [-0.05, 0) is 42.4 Å². The molecule has 0 aliphatic rings. The Kier molecular flexibility index (Phi) is 13.0. The predicted molar refractivity (Wildman–Crippen MR) is 158 cm³/mol. The maximum absolute atomic E-state index is 12.9. The second kappa shape index (κ2) is 15.7. The maximum atomic E-state index is 12.9. The first-order valence-electron chi connectivity index (χ1n) is 13.4. The van der Waals surface area contributed by atoms with Gasteiger partial charge in [-0.1, -0.05) is 69.7 Å². The lowest BCUT2D eigenvalue weighted by Gasteiger charge is -2.22. The molecule has 0 saturated heterocycles. The predicted octanol–water partition coefficient (Wildman–Crippen LogP) is 4.25. The van der Waals surface area contributed by atoms with Crippen molar-refractivity contribution in [3.8, 4) is 11.1 Å². The van der Waals surface area contributed by atoms with Crippen LogP contribution < -0.4 is 15.4 Å². The smallest absolute Gasteiger partial charge is 0.264 e. The van der Waals surface area contributed by atoms with Crippen LogP contribution in [0.1, 0.15) is 65.4 Å². The number of carbonyl (C=O) groups is 3. The third-order valence-electron chi connectivity index (χ3n) is 6.10. The van der Waals surface area contributed by atoms with Crippen LogP contribution in [0.5, 0.6) is 0 Å². The van der Waals surface area contributed by atoms with Crippen molar-refractivity contribution in [1.82, 2.24) is 15.4 Å². The highest BCUT2D eigenvalue weighted by molar-refractivity contribution is 7.90. The maximum Gasteiger partial charge on any atom is 0.264 e. The van der Waals surface area contributed by atoms with Crippen molar-refractivity contribution in [2.45, 2.75) is 83.2 Å². The summed E-state index contributed by atoms with van der Waals surface area (Å²) in [6.07, 6.45) is 3.48. The Morgan fingerprint density at radius 2 is 1.56 bits per heavy atom. The molecular formula is C29H41N3O5S2. The fourth-order valence-corrected chi connectivity index (χ4v) is 5.82. The summed E-state index contributed by atoms with van der Waals surface area (Å²) in [6, 6.07) is 13.3. The summed E-state index contributed by atoms with van der Waals surface area (Å²) in [5.74, 6) is 0.0726. The van der Waals surface area contributed by atoms with Crippen LogP contribution in [0.15, 0.2) is 53.4 Å². The van der Waals surface area contributed by atoms with Gasteiger partial charge >= 0.3 is 0 Å². The minimum Gasteiger partial charge on any atom is -0.353 e. The van der Waals surface area contributed by atoms with Crippen LogP contribution in [0.4, 0.5) is 0 Å². The third-order valence-corrected chi connectivity index (χ3v) is 8.03. The van der Waals surface area contributed by atoms with Crippen LogP contribution in [0.25, 0.3) is 11.1 Å². The number of sulfonamides is 1. The van der Waals surface area contributed by atoms with E-state index in [1.54, 1.807) is 30.3 Å². The Labute approximate surface area is 238 Å². The van der Waals surface area contributed by atoms with E-state index in [9.17, 15) is 22.8 Å². The fraction of sp³-hybridized carbons (Fsp3) is 0.483. The zero-order valence-electron chi connectivity index (χ0n) is 23.2. The molecule has 2 aromatic rings. The summed E-state index contributed by atoms with van der Waals surface area (Å²) in [5, 5.41) is 6.06. The number of carbonyl (C=O) groups excluding carboxylic acids is 3. The van der Waals surface area contributed by atoms with Gasteiger partial charge in [-0.25, -0.2) is 13.1 Å². The minimum atomic E-state index is -4.02. The van der Waals surface area contributed by atoms with Gasteiger partial charge in [0.25, 0.3) is 10.0 Å². The van der Waals surface area contributed by atoms with Gasteiger partial charge in [-0.2, -0.15) is 12.6 Å². The van der Waals surface area contributed by atoms with E-state index < -0.39 is 22.0 Å². The van der Waals surface area contributed by atoms with Gasteiger partial charge in [-0.15, -0.1) is 0 Å². The number of thiol groups is 1. The highest BCUT2D eigenvalue weighted by atomic mass is 32.2. The molecule has 3 N–H and O–H groups in total. The first-order chi connectivity index (χ1) is 18.4. The highest BCUT2D eigenvalue weighted by Gasteiger charge is 2.22. The molecule has 2 atom stereocenters. The van der Waals surface area contributed by atoms with E-state index in [0.29, 0.717) is 35.6 Å². The molecule has 2 aromatic carbocycles. The van der Waals surface area contributed by atoms with Crippen molar-refractivity contribution in [2.24, 2.45) is 5.92 Å². The van der Waals surface area contributed by atoms with Crippen LogP contribution in [-0.2, 0) is 30.8 Å². The summed E-state index contributed by atoms with van der Waals surface area (Å²) in [4.78, 5) is 36.8. The normalized spacial score (nSPS) is 13.0. The van der Waals surface area contributed by atoms with Crippen molar-refractivity contribution >= 4 is 40.4 Å². The number of amides is 3. The number of hydrogen-bond donors (Lipinski definition) is 4. The van der Waals surface area contributed by atoms with E-state index in [0.717, 1.165) is 31.7 Å². The van der Waals surface area contributed by atoms with Gasteiger partial charge in [-0.3, -0.25) is 14.4 Å². The van der Waals surface area contributed by atoms with Crippen molar-refractivity contribution in [2.75, 3.05) is 5.75 Å². The third kappa shape index (κ3) is 11.0. The Morgan fingerprint density at radius 1 is 0.923 bits per heavy atom. The van der Waals surface area contributed by atoms with Crippen LogP contribution >= 0.6 is 12.6 Å². The Bertz CT molecular complexity index is 1210. The van der Waals surface area contributed by atoms with Gasteiger partial charge in [0.15, 0.2) is 0 Å². The SMILES string of the molecule is CCCCC(=O)NC(CC(=O)N[C@@H](CS)CC(C)C)Cc1ccc(-c2ccccc2S(=O)(=O)NC(C)=O)cc1. The molecule has 0 heterocycles. The Hall–Kier alpha value is -2.85. The molecule has 8 nitrogen and oxygen atoms in total. The van der Waals surface area contributed by atoms with E-state index in [-0.39, 0.29) is 29.2 Å². The lowest BCUT2D eigenvalue weighted by atomic mass is 9.98. The van der Waals surface area contributed by atoms with Crippen LogP contribution in [-0.4, -0.2) is 44.0 Å². The largest absolute Gasteiger partial charge is 0.353 e. The van der Waals surface area contributed by atoms with E-state index in [4.69, 9.17) is 0 Å². The molecule has 0 radical (unpaired) electrons. The zero-order valence-corrected chi connectivity index (χ0v) is 24.9. The molecule has 214 valence electrons. The number of unbranched alkanes of at least 4 members (excludes halogenated alkanes) is 1. The van der Waals surface area contributed by atoms with Gasteiger partial charge in [0.05, 0.1) is 4.90 Å². The summed E-state index contributed by atoms with van der Waals surface area (Å²) in [6.45, 7) is 7.36. The zero-order chi connectivity index (χ0) is 29.0. The number of rotatable bonds is 15. The summed E-state index contributed by atoms with van der Waals surface area (Å²) >= 11 is 4.37. The van der Waals surface area contributed by atoms with Gasteiger partial charge in [0, 0.05) is 43.2 Å². The molecule has 0 aliphatic carbocycles. The summed E-state index contributed by atoms with van der Waals surface area (Å²) < 4.78 is 27.4. The van der Waals surface area contributed by atoms with E-state index in [1.165, 1.54) is 6.07 Å². The second-order valence-corrected chi connectivity index (χ2v) is 12.2. The van der Waals surface area contributed by atoms with Crippen molar-refractivity contribution < 1.29 is 22.8 Å². The molecule has 2 rings (SSSR count). The Balaban J connectivity index is 2.23. The fourth-order valence-electron chi connectivity index (χ4n) is 4.36. The van der Waals surface area contributed by atoms with Gasteiger partial charge in [0.2, 0.25) is 17.7 Å². The van der Waals surface area contributed by atoms with Crippen molar-refractivity contribution in [3.63, 3.8) is 0 Å². The molecule has 0 saturated carbocycles. The topological polar surface area (TPSA) is 121 Å². The monoisotopic (exact) mass is 575 g/mol. The Morgan fingerprint density at radius 3 is 2.15 bits per heavy atom. The van der Waals surface area contributed by atoms with Crippen LogP contribution in [0.3, 0.4) is 0 Å². The molecule has 10 heteroatoms. The first kappa shape index (κ1) is 32.4.